The fourth-order valence-electron chi connectivity index (χ4n) is 3.30. The first-order chi connectivity index (χ1) is 11.3. The second kappa shape index (κ2) is 7.66. The number of amides is 1. The molecule has 0 spiro atoms. The lowest BCUT2D eigenvalue weighted by atomic mass is 9.64. The molecule has 1 atom stereocenters. The third-order valence-corrected chi connectivity index (χ3v) is 5.31. The van der Waals surface area contributed by atoms with E-state index in [0.717, 1.165) is 12.8 Å². The molecule has 4 nitrogen and oxygen atoms in total. The van der Waals surface area contributed by atoms with Crippen LogP contribution < -0.4 is 11.1 Å². The first-order valence-corrected chi connectivity index (χ1v) is 8.91. The van der Waals surface area contributed by atoms with E-state index >= 15 is 0 Å². The van der Waals surface area contributed by atoms with Gasteiger partial charge in [-0.05, 0) is 29.4 Å². The van der Waals surface area contributed by atoms with Gasteiger partial charge in [0.2, 0.25) is 5.91 Å². The number of carbonyl (C=O) groups excluding carboxylic acids is 1. The minimum absolute atomic E-state index is 0.0184. The Morgan fingerprint density at radius 3 is 2.33 bits per heavy atom. The molecule has 1 aromatic rings. The number of hydrogen-bond acceptors (Lipinski definition) is 3. The monoisotopic (exact) mass is 332 g/mol. The van der Waals surface area contributed by atoms with Crippen LogP contribution in [0.15, 0.2) is 24.3 Å². The molecule has 0 radical (unpaired) electrons. The Kier molecular flexibility index (Phi) is 6.05. The first kappa shape index (κ1) is 18.9. The molecule has 1 saturated carbocycles. The summed E-state index contributed by atoms with van der Waals surface area (Å²) in [5.41, 5.74) is 8.52. The van der Waals surface area contributed by atoms with E-state index in [1.54, 1.807) is 7.11 Å². The number of nitrogens with one attached hydrogen (secondary N) is 1. The summed E-state index contributed by atoms with van der Waals surface area (Å²) in [4.78, 5) is 12.1. The normalized spacial score (nSPS) is 17.9. The molecule has 1 aromatic carbocycles. The van der Waals surface area contributed by atoms with Crippen molar-refractivity contribution in [3.63, 3.8) is 0 Å². The lowest BCUT2D eigenvalue weighted by Crippen LogP contribution is -2.46. The average Bonchev–Trinajstić information content (AvgIpc) is 2.51. The lowest BCUT2D eigenvalue weighted by Gasteiger charge is -2.43. The van der Waals surface area contributed by atoms with Gasteiger partial charge < -0.3 is 15.8 Å². The van der Waals surface area contributed by atoms with Gasteiger partial charge >= 0.3 is 0 Å². The highest BCUT2D eigenvalue weighted by Crippen LogP contribution is 2.43. The lowest BCUT2D eigenvalue weighted by molar-refractivity contribution is -0.123. The van der Waals surface area contributed by atoms with E-state index in [1.807, 2.05) is 0 Å². The smallest absolute Gasteiger partial charge is 0.222 e. The summed E-state index contributed by atoms with van der Waals surface area (Å²) >= 11 is 0. The van der Waals surface area contributed by atoms with Gasteiger partial charge in [-0.1, -0.05) is 51.5 Å². The Morgan fingerprint density at radius 2 is 1.92 bits per heavy atom. The number of hydrogen-bond donors (Lipinski definition) is 2. The maximum atomic E-state index is 12.1. The van der Waals surface area contributed by atoms with Crippen LogP contribution in [0, 0.1) is 0 Å². The van der Waals surface area contributed by atoms with E-state index in [9.17, 15) is 4.79 Å². The van der Waals surface area contributed by atoms with Crippen LogP contribution in [-0.2, 0) is 20.4 Å². The van der Waals surface area contributed by atoms with Gasteiger partial charge in [-0.2, -0.15) is 0 Å². The van der Waals surface area contributed by atoms with Crippen molar-refractivity contribution in [3.8, 4) is 0 Å². The predicted octanol–water partition coefficient (Wildman–Crippen LogP) is 2.89. The Morgan fingerprint density at radius 1 is 1.29 bits per heavy atom. The van der Waals surface area contributed by atoms with Crippen molar-refractivity contribution in [2.24, 2.45) is 5.73 Å². The maximum Gasteiger partial charge on any atom is 0.222 e. The van der Waals surface area contributed by atoms with Crippen molar-refractivity contribution in [1.29, 1.82) is 0 Å². The molecule has 4 heteroatoms. The molecule has 134 valence electrons. The van der Waals surface area contributed by atoms with Gasteiger partial charge in [-0.25, -0.2) is 0 Å². The third-order valence-electron chi connectivity index (χ3n) is 5.31. The van der Waals surface area contributed by atoms with Crippen LogP contribution in [0.2, 0.25) is 0 Å². The highest BCUT2D eigenvalue weighted by Gasteiger charge is 2.39. The summed E-state index contributed by atoms with van der Waals surface area (Å²) in [7, 11) is 1.59. The van der Waals surface area contributed by atoms with Gasteiger partial charge in [0.05, 0.1) is 12.5 Å². The molecule has 0 saturated heterocycles. The number of nitrogens with two attached hydrogens (primary N) is 1. The van der Waals surface area contributed by atoms with Gasteiger partial charge in [0, 0.05) is 25.6 Å². The molecule has 2 rings (SSSR count). The number of carbonyl (C=O) groups is 1. The summed E-state index contributed by atoms with van der Waals surface area (Å²) in [6.45, 7) is 7.74. The Hall–Kier alpha value is -1.39. The quantitative estimate of drug-likeness (QED) is 0.807. The van der Waals surface area contributed by atoms with Crippen LogP contribution >= 0.6 is 0 Å². The number of methoxy groups -OCH3 is 1. The van der Waals surface area contributed by atoms with Gasteiger partial charge in [0.15, 0.2) is 0 Å². The van der Waals surface area contributed by atoms with Crippen molar-refractivity contribution in [1.82, 2.24) is 5.32 Å². The molecule has 1 unspecified atom stereocenters. The summed E-state index contributed by atoms with van der Waals surface area (Å²) in [5.74, 6) is 0.0184. The second-order valence-electron chi connectivity index (χ2n) is 8.04. The summed E-state index contributed by atoms with van der Waals surface area (Å²) in [5, 5.41) is 3.09. The van der Waals surface area contributed by atoms with Gasteiger partial charge in [-0.3, -0.25) is 4.79 Å². The number of benzene rings is 1. The van der Waals surface area contributed by atoms with Crippen molar-refractivity contribution in [2.45, 2.75) is 63.4 Å². The molecule has 0 aromatic heterocycles. The van der Waals surface area contributed by atoms with E-state index in [4.69, 9.17) is 10.5 Å². The molecule has 1 aliphatic rings. The van der Waals surface area contributed by atoms with Crippen molar-refractivity contribution < 1.29 is 9.53 Å². The standard InChI is InChI=1S/C20H32N2O2/c1-19(2,3)15-6-8-16(9-7-15)20(10-5-11-20)14-22-18(23)12-17(13-21)24-4/h6-9,17H,5,10-14,21H2,1-4H3,(H,22,23). The molecule has 0 bridgehead atoms. The Labute approximate surface area is 146 Å². The van der Waals surface area contributed by atoms with E-state index in [2.05, 4.69) is 50.4 Å². The molecule has 1 aliphatic carbocycles. The van der Waals surface area contributed by atoms with Gasteiger partial charge in [0.25, 0.3) is 0 Å². The topological polar surface area (TPSA) is 64.3 Å². The highest BCUT2D eigenvalue weighted by atomic mass is 16.5. The minimum Gasteiger partial charge on any atom is -0.380 e. The first-order valence-electron chi connectivity index (χ1n) is 8.91. The third kappa shape index (κ3) is 4.37. The fraction of sp³-hybridized carbons (Fsp3) is 0.650. The van der Waals surface area contributed by atoms with Crippen LogP contribution in [-0.4, -0.2) is 32.2 Å². The highest BCUT2D eigenvalue weighted by molar-refractivity contribution is 5.76. The van der Waals surface area contributed by atoms with E-state index in [0.29, 0.717) is 19.5 Å². The van der Waals surface area contributed by atoms with Crippen molar-refractivity contribution in [3.05, 3.63) is 35.4 Å². The predicted molar refractivity (Wildman–Crippen MR) is 98.1 cm³/mol. The molecule has 24 heavy (non-hydrogen) atoms. The zero-order valence-electron chi connectivity index (χ0n) is 15.5. The second-order valence-corrected chi connectivity index (χ2v) is 8.04. The molecule has 0 heterocycles. The van der Waals surface area contributed by atoms with Crippen molar-refractivity contribution >= 4 is 5.91 Å². The molecular formula is C20H32N2O2. The summed E-state index contributed by atoms with van der Waals surface area (Å²) < 4.78 is 5.19. The largest absolute Gasteiger partial charge is 0.380 e. The molecule has 0 aliphatic heterocycles. The van der Waals surface area contributed by atoms with E-state index in [1.165, 1.54) is 17.5 Å². The Bertz CT molecular complexity index is 538. The van der Waals surface area contributed by atoms with Gasteiger partial charge in [-0.15, -0.1) is 0 Å². The van der Waals surface area contributed by atoms with Crippen LogP contribution in [0.25, 0.3) is 0 Å². The van der Waals surface area contributed by atoms with Crippen LogP contribution in [0.5, 0.6) is 0 Å². The maximum absolute atomic E-state index is 12.1. The van der Waals surface area contributed by atoms with Crippen molar-refractivity contribution in [2.75, 3.05) is 20.2 Å². The van der Waals surface area contributed by atoms with E-state index < -0.39 is 0 Å². The molecule has 1 amide bonds. The SMILES string of the molecule is COC(CN)CC(=O)NCC1(c2ccc(C(C)(C)C)cc2)CCC1. The zero-order valence-corrected chi connectivity index (χ0v) is 15.5. The minimum atomic E-state index is -0.201. The van der Waals surface area contributed by atoms with Crippen LogP contribution in [0.3, 0.4) is 0 Å². The van der Waals surface area contributed by atoms with Gasteiger partial charge in [0.1, 0.15) is 0 Å². The van der Waals surface area contributed by atoms with E-state index in [-0.39, 0.29) is 22.8 Å². The molecule has 3 N–H and O–H groups in total. The molecule has 1 fully saturated rings. The average molecular weight is 332 g/mol. The van der Waals surface area contributed by atoms with Crippen LogP contribution in [0.4, 0.5) is 0 Å². The summed E-state index contributed by atoms with van der Waals surface area (Å²) in [6.07, 6.45) is 3.61. The number of ether oxygens (including phenoxy) is 1. The fourth-order valence-corrected chi connectivity index (χ4v) is 3.30. The zero-order chi connectivity index (χ0) is 17.8. The summed E-state index contributed by atoms with van der Waals surface area (Å²) in [6, 6.07) is 8.94. The Balaban J connectivity index is 2.00. The molecular weight excluding hydrogens is 300 g/mol. The number of rotatable bonds is 7. The van der Waals surface area contributed by atoms with Crippen LogP contribution in [0.1, 0.15) is 57.6 Å².